The van der Waals surface area contributed by atoms with E-state index in [-0.39, 0.29) is 36.6 Å². The summed E-state index contributed by atoms with van der Waals surface area (Å²) in [5.41, 5.74) is 0.429. The molecule has 1 fully saturated rings. The summed E-state index contributed by atoms with van der Waals surface area (Å²) in [5, 5.41) is 5.42. The van der Waals surface area contributed by atoms with E-state index in [0.717, 1.165) is 53.1 Å². The van der Waals surface area contributed by atoms with Crippen LogP contribution in [0.15, 0.2) is 12.3 Å². The Morgan fingerprint density at radius 2 is 2.13 bits per heavy atom. The van der Waals surface area contributed by atoms with Crippen LogP contribution in [-0.4, -0.2) is 47.5 Å². The Labute approximate surface area is 182 Å². The predicted octanol–water partition coefficient (Wildman–Crippen LogP) is 4.30. The van der Waals surface area contributed by atoms with Crippen molar-refractivity contribution in [1.29, 1.82) is 0 Å². The second-order valence-electron chi connectivity index (χ2n) is 7.32. The third-order valence-electron chi connectivity index (χ3n) is 5.01. The predicted molar refractivity (Wildman–Crippen MR) is 115 cm³/mol. The lowest BCUT2D eigenvalue weighted by Crippen LogP contribution is -2.38. The lowest BCUT2D eigenvalue weighted by atomic mass is 10.1. The van der Waals surface area contributed by atoms with Crippen molar-refractivity contribution in [2.45, 2.75) is 51.7 Å². The Morgan fingerprint density at radius 3 is 2.83 bits per heavy atom. The number of amides is 2. The molecule has 0 radical (unpaired) electrons. The van der Waals surface area contributed by atoms with Gasteiger partial charge in [0.15, 0.2) is 10.3 Å². The van der Waals surface area contributed by atoms with Crippen LogP contribution in [0.5, 0.6) is 0 Å². The van der Waals surface area contributed by atoms with Gasteiger partial charge in [-0.15, -0.1) is 11.3 Å². The molecule has 0 bridgehead atoms. The number of anilines is 1. The first kappa shape index (κ1) is 22.8. The molecule has 10 heteroatoms. The van der Waals surface area contributed by atoms with Crippen molar-refractivity contribution in [3.05, 3.63) is 32.7 Å². The number of likely N-dealkylation sites (tertiary alicyclic amines) is 1. The number of aromatic nitrogens is 1. The van der Waals surface area contributed by atoms with Gasteiger partial charge in [0, 0.05) is 16.2 Å². The number of rotatable bonds is 9. The second kappa shape index (κ2) is 10.4. The van der Waals surface area contributed by atoms with E-state index < -0.39 is 17.2 Å². The summed E-state index contributed by atoms with van der Waals surface area (Å²) in [4.78, 5) is 32.1. The highest BCUT2D eigenvalue weighted by Gasteiger charge is 2.37. The highest BCUT2D eigenvalue weighted by atomic mass is 32.1. The Morgan fingerprint density at radius 1 is 1.33 bits per heavy atom. The molecule has 0 unspecified atom stereocenters. The first-order valence-electron chi connectivity index (χ1n) is 10.1. The molecule has 0 aromatic carbocycles. The average Bonchev–Trinajstić information content (AvgIpc) is 3.39. The molecule has 1 aliphatic heterocycles. The quantitative estimate of drug-likeness (QED) is 0.552. The number of alkyl halides is 1. The van der Waals surface area contributed by atoms with Crippen LogP contribution >= 0.6 is 22.7 Å². The minimum Gasteiger partial charge on any atom is -0.331 e. The molecule has 3 heterocycles. The fraction of sp³-hybridized carbons (Fsp3) is 0.550. The molecule has 2 amide bonds. The van der Waals surface area contributed by atoms with Crippen molar-refractivity contribution in [1.82, 2.24) is 15.2 Å². The molecule has 2 atom stereocenters. The van der Waals surface area contributed by atoms with Crippen LogP contribution in [0.25, 0.3) is 0 Å². The van der Waals surface area contributed by atoms with E-state index in [2.05, 4.69) is 22.5 Å². The van der Waals surface area contributed by atoms with Crippen LogP contribution in [-0.2, 0) is 4.79 Å². The summed E-state index contributed by atoms with van der Waals surface area (Å²) in [6.45, 7) is 4.93. The minimum absolute atomic E-state index is 0.0665. The molecule has 6 nitrogen and oxygen atoms in total. The summed E-state index contributed by atoms with van der Waals surface area (Å²) in [6, 6.07) is 1.32. The second-order valence-corrected chi connectivity index (χ2v) is 9.59. The Bertz CT molecular complexity index is 886. The maximum Gasteiger partial charge on any atom is 0.258 e. The van der Waals surface area contributed by atoms with Crippen molar-refractivity contribution in [2.75, 3.05) is 25.0 Å². The topological polar surface area (TPSA) is 74.3 Å². The van der Waals surface area contributed by atoms with E-state index in [1.165, 1.54) is 11.3 Å². The van der Waals surface area contributed by atoms with Crippen molar-refractivity contribution >= 4 is 39.6 Å². The first-order valence-corrected chi connectivity index (χ1v) is 11.7. The lowest BCUT2D eigenvalue weighted by Gasteiger charge is -2.23. The van der Waals surface area contributed by atoms with Crippen LogP contribution in [0.1, 0.15) is 58.8 Å². The highest BCUT2D eigenvalue weighted by molar-refractivity contribution is 7.14. The van der Waals surface area contributed by atoms with Gasteiger partial charge in [-0.05, 0) is 26.0 Å². The van der Waals surface area contributed by atoms with E-state index in [1.54, 1.807) is 17.9 Å². The number of carbonyl (C=O) groups excluding carboxylic acids is 2. The number of nitrogens with one attached hydrogen (secondary N) is 2. The number of thiophene rings is 1. The number of nitrogens with zero attached hydrogens (tertiary/aromatic N) is 2. The van der Waals surface area contributed by atoms with Gasteiger partial charge in [-0.2, -0.15) is 4.39 Å². The fourth-order valence-electron chi connectivity index (χ4n) is 3.50. The number of halogens is 2. The van der Waals surface area contributed by atoms with Crippen molar-refractivity contribution in [3.8, 4) is 0 Å². The van der Waals surface area contributed by atoms with Gasteiger partial charge in [0.25, 0.3) is 5.91 Å². The van der Waals surface area contributed by atoms with E-state index in [1.807, 2.05) is 0 Å². The van der Waals surface area contributed by atoms with Crippen LogP contribution in [0, 0.1) is 12.1 Å². The van der Waals surface area contributed by atoms with Gasteiger partial charge in [-0.1, -0.05) is 31.1 Å². The molecule has 0 aliphatic carbocycles. The maximum atomic E-state index is 14.2. The molecular weight excluding hydrogens is 430 g/mol. The molecule has 2 aromatic heterocycles. The molecule has 1 saturated heterocycles. The summed E-state index contributed by atoms with van der Waals surface area (Å²) in [6.07, 6.45) is 3.40. The molecule has 0 spiro atoms. The Balaban J connectivity index is 1.66. The van der Waals surface area contributed by atoms with Crippen LogP contribution in [0.4, 0.5) is 13.9 Å². The standard InChI is InChI=1S/C20H26F2N4O2S2/c1-3-4-5-6-23-10-18(27)26-11-13(21)7-15(26)16-8-14(12(2)29-16)19(28)25-20-24-9-17(22)30-20/h8-9,13,15,23H,3-7,10-11H2,1-2H3,(H,24,25,28)/t13-,15+/m1/s1. The average molecular weight is 457 g/mol. The molecule has 1 aliphatic rings. The van der Waals surface area contributed by atoms with E-state index in [4.69, 9.17) is 0 Å². The van der Waals surface area contributed by atoms with Gasteiger partial charge in [-0.3, -0.25) is 14.9 Å². The van der Waals surface area contributed by atoms with Gasteiger partial charge in [-0.25, -0.2) is 9.37 Å². The highest BCUT2D eigenvalue weighted by Crippen LogP contribution is 2.38. The Kier molecular flexibility index (Phi) is 7.90. The molecule has 3 rings (SSSR count). The molecule has 2 aromatic rings. The minimum atomic E-state index is -1.09. The molecule has 164 valence electrons. The first-order chi connectivity index (χ1) is 14.4. The van der Waals surface area contributed by atoms with Gasteiger partial charge in [0.1, 0.15) is 6.17 Å². The lowest BCUT2D eigenvalue weighted by molar-refractivity contribution is -0.131. The van der Waals surface area contributed by atoms with Crippen LogP contribution in [0.2, 0.25) is 0 Å². The van der Waals surface area contributed by atoms with Gasteiger partial charge < -0.3 is 10.2 Å². The van der Waals surface area contributed by atoms with Gasteiger partial charge in [0.2, 0.25) is 5.91 Å². The summed E-state index contributed by atoms with van der Waals surface area (Å²) >= 11 is 2.13. The maximum absolute atomic E-state index is 14.2. The van der Waals surface area contributed by atoms with Gasteiger partial charge >= 0.3 is 0 Å². The fourth-order valence-corrected chi connectivity index (χ4v) is 5.19. The monoisotopic (exact) mass is 456 g/mol. The number of hydrogen-bond acceptors (Lipinski definition) is 6. The number of aryl methyl sites for hydroxylation is 1. The summed E-state index contributed by atoms with van der Waals surface area (Å²) in [5.74, 6) is -0.526. The van der Waals surface area contributed by atoms with E-state index in [0.29, 0.717) is 5.56 Å². The molecular formula is C20H26F2N4O2S2. The number of carbonyl (C=O) groups is 2. The zero-order valence-corrected chi connectivity index (χ0v) is 18.7. The summed E-state index contributed by atoms with van der Waals surface area (Å²) < 4.78 is 27.3. The largest absolute Gasteiger partial charge is 0.331 e. The van der Waals surface area contributed by atoms with Crippen molar-refractivity contribution in [2.24, 2.45) is 0 Å². The number of unbranched alkanes of at least 4 members (excludes halogenated alkanes) is 2. The van der Waals surface area contributed by atoms with Crippen LogP contribution < -0.4 is 10.6 Å². The third-order valence-corrected chi connectivity index (χ3v) is 6.86. The SMILES string of the molecule is CCCCCNCC(=O)N1C[C@H](F)C[C@H]1c1cc(C(=O)Nc2ncc(F)s2)c(C)s1. The third kappa shape index (κ3) is 5.61. The van der Waals surface area contributed by atoms with Crippen molar-refractivity contribution in [3.63, 3.8) is 0 Å². The smallest absolute Gasteiger partial charge is 0.258 e. The number of hydrogen-bond donors (Lipinski definition) is 2. The van der Waals surface area contributed by atoms with Gasteiger partial charge in [0.05, 0.1) is 30.9 Å². The molecule has 0 saturated carbocycles. The van der Waals surface area contributed by atoms with Crippen LogP contribution in [0.3, 0.4) is 0 Å². The van der Waals surface area contributed by atoms with E-state index >= 15 is 0 Å². The zero-order chi connectivity index (χ0) is 21.7. The van der Waals surface area contributed by atoms with E-state index in [9.17, 15) is 18.4 Å². The van der Waals surface area contributed by atoms with Crippen molar-refractivity contribution < 1.29 is 18.4 Å². The summed E-state index contributed by atoms with van der Waals surface area (Å²) in [7, 11) is 0. The molecule has 30 heavy (non-hydrogen) atoms. The molecule has 2 N–H and O–H groups in total. The zero-order valence-electron chi connectivity index (χ0n) is 17.0. The normalized spacial score (nSPS) is 18.7. The number of thiazole rings is 1. The Hall–Kier alpha value is -1.91.